The summed E-state index contributed by atoms with van der Waals surface area (Å²) in [5.74, 6) is 0.0115. The van der Waals surface area contributed by atoms with Gasteiger partial charge in [0.05, 0.1) is 29.5 Å². The number of aliphatic hydroxyl groups is 3. The molecule has 36 heavy (non-hydrogen) atoms. The molecule has 0 bridgehead atoms. The van der Waals surface area contributed by atoms with Gasteiger partial charge >= 0.3 is 0 Å². The van der Waals surface area contributed by atoms with Crippen molar-refractivity contribution in [2.75, 3.05) is 0 Å². The Morgan fingerprint density at radius 1 is 1.08 bits per heavy atom. The Bertz CT molecular complexity index is 831. The first-order chi connectivity index (χ1) is 16.6. The summed E-state index contributed by atoms with van der Waals surface area (Å²) in [5, 5.41) is 42.9. The molecule has 1 saturated carbocycles. The van der Waals surface area contributed by atoms with Gasteiger partial charge in [0.1, 0.15) is 6.10 Å². The van der Waals surface area contributed by atoms with Gasteiger partial charge < -0.3 is 20.1 Å². The van der Waals surface area contributed by atoms with Crippen molar-refractivity contribution >= 4 is 0 Å². The summed E-state index contributed by atoms with van der Waals surface area (Å²) in [6.07, 6.45) is 5.96. The molecule has 0 aromatic heterocycles. The molecule has 3 aliphatic rings. The van der Waals surface area contributed by atoms with E-state index in [2.05, 4.69) is 32.2 Å². The molecule has 1 heterocycles. The maximum Gasteiger partial charge on any atom is 0.113 e. The lowest BCUT2D eigenvalue weighted by Gasteiger charge is -2.54. The Morgan fingerprint density at radius 2 is 1.75 bits per heavy atom. The molecule has 8 atom stereocenters. The SMILES string of the molecule is C=C(C)C(CC[C@@]1(C)C(CC[C@H]2[C@]3(C)CC[C@H](O)C(C)(C)O[C@H]3CC[C@@]2(C)O)=C(C)CC[C@H]1O)OO. The zero-order valence-electron chi connectivity index (χ0n) is 23.8. The smallest absolute Gasteiger partial charge is 0.113 e. The van der Waals surface area contributed by atoms with Crippen molar-refractivity contribution in [1.29, 1.82) is 0 Å². The summed E-state index contributed by atoms with van der Waals surface area (Å²) in [5.41, 5.74) is 1.28. The lowest BCUT2D eigenvalue weighted by Crippen LogP contribution is -2.56. The second-order valence-corrected chi connectivity index (χ2v) is 13.5. The third kappa shape index (κ3) is 5.64. The Balaban J connectivity index is 1.87. The molecule has 2 fully saturated rings. The van der Waals surface area contributed by atoms with Crippen LogP contribution in [-0.2, 0) is 9.62 Å². The van der Waals surface area contributed by atoms with E-state index in [1.165, 1.54) is 11.1 Å². The van der Waals surface area contributed by atoms with Crippen LogP contribution in [0.2, 0.25) is 0 Å². The standard InChI is InChI=1S/C30H52O6/c1-19(2)22(36-34)13-16-28(6)21(20(3)9-12-25(28)32)10-11-23-29(7)17-14-24(31)27(4,5)35-26(29)15-18-30(23,8)33/h22-26,31-34H,1,9-18H2,2-8H3/t22?,23-,24-,25+,26-,28-,29-,30+/m0/s1. The van der Waals surface area contributed by atoms with Crippen molar-refractivity contribution in [2.24, 2.45) is 16.7 Å². The first-order valence-corrected chi connectivity index (χ1v) is 14.0. The molecule has 6 nitrogen and oxygen atoms in total. The van der Waals surface area contributed by atoms with Crippen LogP contribution in [0.15, 0.2) is 23.3 Å². The Labute approximate surface area is 218 Å². The van der Waals surface area contributed by atoms with E-state index in [1.807, 2.05) is 27.7 Å². The second-order valence-electron chi connectivity index (χ2n) is 13.5. The maximum absolute atomic E-state index is 11.6. The molecule has 1 aliphatic heterocycles. The van der Waals surface area contributed by atoms with Gasteiger partial charge in [0.2, 0.25) is 0 Å². The summed E-state index contributed by atoms with van der Waals surface area (Å²) < 4.78 is 6.55. The monoisotopic (exact) mass is 508 g/mol. The average molecular weight is 509 g/mol. The normalized spacial score (nSPS) is 42.0. The molecule has 0 aromatic carbocycles. The van der Waals surface area contributed by atoms with Gasteiger partial charge in [-0.1, -0.05) is 31.6 Å². The predicted molar refractivity (Wildman–Crippen MR) is 142 cm³/mol. The van der Waals surface area contributed by atoms with Crippen LogP contribution in [0.25, 0.3) is 0 Å². The van der Waals surface area contributed by atoms with Gasteiger partial charge in [-0.3, -0.25) is 5.26 Å². The minimum Gasteiger partial charge on any atom is -0.392 e. The van der Waals surface area contributed by atoms with Crippen molar-refractivity contribution < 1.29 is 30.2 Å². The average Bonchev–Trinajstić information content (AvgIpc) is 2.87. The second kappa shape index (κ2) is 10.8. The van der Waals surface area contributed by atoms with Gasteiger partial charge in [0.15, 0.2) is 0 Å². The molecule has 1 unspecified atom stereocenters. The molecule has 6 heteroatoms. The molecular formula is C30H52O6. The first kappa shape index (κ1) is 29.8. The van der Waals surface area contributed by atoms with E-state index in [4.69, 9.17) is 4.74 Å². The summed E-state index contributed by atoms with van der Waals surface area (Å²) in [4.78, 5) is 4.67. The van der Waals surface area contributed by atoms with Crippen molar-refractivity contribution in [3.63, 3.8) is 0 Å². The molecule has 208 valence electrons. The van der Waals surface area contributed by atoms with Gasteiger partial charge in [-0.2, -0.15) is 0 Å². The number of rotatable bonds is 8. The fourth-order valence-corrected chi connectivity index (χ4v) is 7.71. The summed E-state index contributed by atoms with van der Waals surface area (Å²) in [6, 6.07) is 0. The Hall–Kier alpha value is -0.760. The highest BCUT2D eigenvalue weighted by Crippen LogP contribution is 2.56. The van der Waals surface area contributed by atoms with Crippen molar-refractivity contribution in [1.82, 2.24) is 0 Å². The molecule has 3 rings (SSSR count). The molecule has 0 radical (unpaired) electrons. The van der Waals surface area contributed by atoms with E-state index in [0.29, 0.717) is 25.7 Å². The number of ether oxygens (including phenoxy) is 1. The lowest BCUT2D eigenvalue weighted by atomic mass is 9.55. The molecule has 1 saturated heterocycles. The van der Waals surface area contributed by atoms with Crippen LogP contribution >= 0.6 is 0 Å². The minimum absolute atomic E-state index is 0.00805. The van der Waals surface area contributed by atoms with E-state index in [1.54, 1.807) is 0 Å². The van der Waals surface area contributed by atoms with E-state index in [9.17, 15) is 20.6 Å². The number of fused-ring (bicyclic) bond motifs is 1. The fourth-order valence-electron chi connectivity index (χ4n) is 7.71. The minimum atomic E-state index is -0.817. The van der Waals surface area contributed by atoms with E-state index in [0.717, 1.165) is 44.1 Å². The molecular weight excluding hydrogens is 456 g/mol. The van der Waals surface area contributed by atoms with Gasteiger partial charge in [0.25, 0.3) is 0 Å². The van der Waals surface area contributed by atoms with Gasteiger partial charge in [-0.25, -0.2) is 4.89 Å². The largest absolute Gasteiger partial charge is 0.392 e. The van der Waals surface area contributed by atoms with Crippen molar-refractivity contribution in [3.05, 3.63) is 23.3 Å². The first-order valence-electron chi connectivity index (χ1n) is 14.0. The summed E-state index contributed by atoms with van der Waals surface area (Å²) in [6.45, 7) is 18.3. The molecule has 0 amide bonds. The van der Waals surface area contributed by atoms with Crippen LogP contribution in [-0.4, -0.2) is 56.2 Å². The molecule has 4 N–H and O–H groups in total. The Morgan fingerprint density at radius 3 is 2.36 bits per heavy atom. The zero-order valence-corrected chi connectivity index (χ0v) is 23.8. The third-order valence-electron chi connectivity index (χ3n) is 10.4. The maximum atomic E-state index is 11.6. The predicted octanol–water partition coefficient (Wildman–Crippen LogP) is 5.94. The topological polar surface area (TPSA) is 99.4 Å². The summed E-state index contributed by atoms with van der Waals surface area (Å²) >= 11 is 0. The lowest BCUT2D eigenvalue weighted by molar-refractivity contribution is -0.270. The van der Waals surface area contributed by atoms with E-state index < -0.39 is 34.9 Å². The van der Waals surface area contributed by atoms with Gasteiger partial charge in [0, 0.05) is 5.41 Å². The van der Waals surface area contributed by atoms with Crippen LogP contribution in [0.3, 0.4) is 0 Å². The summed E-state index contributed by atoms with van der Waals surface area (Å²) in [7, 11) is 0. The number of hydrogen-bond acceptors (Lipinski definition) is 6. The molecule has 0 spiro atoms. The quantitative estimate of drug-likeness (QED) is 0.184. The zero-order chi connectivity index (χ0) is 27.1. The number of hydrogen-bond donors (Lipinski definition) is 4. The van der Waals surface area contributed by atoms with Crippen LogP contribution in [0.1, 0.15) is 113 Å². The van der Waals surface area contributed by atoms with Crippen LogP contribution in [0.5, 0.6) is 0 Å². The number of allylic oxidation sites excluding steroid dienone is 1. The molecule has 0 aromatic rings. The highest BCUT2D eigenvalue weighted by Gasteiger charge is 2.56. The highest BCUT2D eigenvalue weighted by atomic mass is 17.1. The van der Waals surface area contributed by atoms with E-state index in [-0.39, 0.29) is 17.4 Å². The van der Waals surface area contributed by atoms with E-state index >= 15 is 0 Å². The van der Waals surface area contributed by atoms with Crippen LogP contribution < -0.4 is 0 Å². The molecule has 2 aliphatic carbocycles. The fraction of sp³-hybridized carbons (Fsp3) is 0.867. The van der Waals surface area contributed by atoms with Crippen molar-refractivity contribution in [2.45, 2.75) is 148 Å². The van der Waals surface area contributed by atoms with Crippen molar-refractivity contribution in [3.8, 4) is 0 Å². The Kier molecular flexibility index (Phi) is 8.92. The van der Waals surface area contributed by atoms with Crippen LogP contribution in [0.4, 0.5) is 0 Å². The third-order valence-corrected chi connectivity index (χ3v) is 10.4. The number of aliphatic hydroxyl groups excluding tert-OH is 2. The highest BCUT2D eigenvalue weighted by molar-refractivity contribution is 5.26. The van der Waals surface area contributed by atoms with Gasteiger partial charge in [-0.15, -0.1) is 0 Å². The van der Waals surface area contributed by atoms with Crippen LogP contribution in [0, 0.1) is 16.7 Å². The van der Waals surface area contributed by atoms with Gasteiger partial charge in [-0.05, 0) is 116 Å².